The van der Waals surface area contributed by atoms with Crippen molar-refractivity contribution < 1.29 is 0 Å². The molecule has 12 rings (SSSR count). The smallest absolute Gasteiger partial charge is 0.0714 e. The van der Waals surface area contributed by atoms with Crippen LogP contribution >= 0.6 is 11.3 Å². The summed E-state index contributed by atoms with van der Waals surface area (Å²) in [6.45, 7) is 0. The molecule has 0 atom stereocenters. The Bertz CT molecular complexity index is 3340. The van der Waals surface area contributed by atoms with E-state index in [4.69, 9.17) is 0 Å². The van der Waals surface area contributed by atoms with Gasteiger partial charge < -0.3 is 4.90 Å². The first-order valence-electron chi connectivity index (χ1n) is 20.3. The summed E-state index contributed by atoms with van der Waals surface area (Å²) in [4.78, 5) is 2.45. The Balaban J connectivity index is 1.07. The van der Waals surface area contributed by atoms with Gasteiger partial charge in [-0.3, -0.25) is 0 Å². The summed E-state index contributed by atoms with van der Waals surface area (Å²) in [6.07, 6.45) is 0. The highest BCUT2D eigenvalue weighted by Crippen LogP contribution is 2.57. The quantitative estimate of drug-likeness (QED) is 0.152. The molecule has 0 saturated heterocycles. The molecule has 1 aromatic heterocycles. The van der Waals surface area contributed by atoms with E-state index in [2.05, 4.69) is 229 Å². The van der Waals surface area contributed by atoms with Crippen LogP contribution < -0.4 is 4.90 Å². The normalized spacial score (nSPS) is 12.9. The molecule has 0 aliphatic heterocycles. The second-order valence-corrected chi connectivity index (χ2v) is 16.7. The van der Waals surface area contributed by atoms with Gasteiger partial charge in [0.25, 0.3) is 0 Å². The fourth-order valence-corrected chi connectivity index (χ4v) is 10.9. The lowest BCUT2D eigenvalue weighted by Crippen LogP contribution is -2.28. The van der Waals surface area contributed by atoms with Gasteiger partial charge in [-0.15, -0.1) is 11.3 Å². The first-order valence-corrected chi connectivity index (χ1v) is 21.1. The first kappa shape index (κ1) is 33.8. The monoisotopic (exact) mass is 767 g/mol. The molecule has 2 heteroatoms. The van der Waals surface area contributed by atoms with Crippen LogP contribution in [-0.4, -0.2) is 0 Å². The van der Waals surface area contributed by atoms with E-state index in [0.29, 0.717) is 0 Å². The van der Waals surface area contributed by atoms with Gasteiger partial charge >= 0.3 is 0 Å². The number of hydrogen-bond donors (Lipinski definition) is 0. The van der Waals surface area contributed by atoms with Crippen LogP contribution in [0.3, 0.4) is 0 Å². The second-order valence-electron chi connectivity index (χ2n) is 15.6. The van der Waals surface area contributed by atoms with Crippen molar-refractivity contribution in [2.24, 2.45) is 0 Å². The summed E-state index contributed by atoms with van der Waals surface area (Å²) in [5.41, 5.74) is 13.0. The lowest BCUT2D eigenvalue weighted by Gasteiger charge is -2.35. The number of nitrogens with zero attached hydrogens (tertiary/aromatic N) is 1. The van der Waals surface area contributed by atoms with Crippen molar-refractivity contribution in [3.05, 3.63) is 247 Å². The topological polar surface area (TPSA) is 3.24 Å². The molecular weight excluding hydrogens is 731 g/mol. The average Bonchev–Trinajstić information content (AvgIpc) is 3.83. The molecule has 59 heavy (non-hydrogen) atoms. The van der Waals surface area contributed by atoms with Crippen LogP contribution in [0, 0.1) is 0 Å². The molecule has 1 aliphatic rings. The Hall–Kier alpha value is -7.26. The summed E-state index contributed by atoms with van der Waals surface area (Å²) in [7, 11) is 0. The summed E-state index contributed by atoms with van der Waals surface area (Å²) in [5.74, 6) is 0. The minimum atomic E-state index is -0.496. The zero-order valence-electron chi connectivity index (χ0n) is 32.2. The Kier molecular flexibility index (Phi) is 7.69. The molecule has 0 unspecified atom stereocenters. The highest BCUT2D eigenvalue weighted by Gasteiger charge is 2.46. The second kappa shape index (κ2) is 13.4. The van der Waals surface area contributed by atoms with Gasteiger partial charge in [-0.25, -0.2) is 0 Å². The molecule has 1 aliphatic carbocycles. The molecule has 0 radical (unpaired) electrons. The predicted molar refractivity (Wildman–Crippen MR) is 252 cm³/mol. The van der Waals surface area contributed by atoms with Crippen LogP contribution in [0.25, 0.3) is 64.0 Å². The number of fused-ring (bicyclic) bond motifs is 9. The van der Waals surface area contributed by atoms with Gasteiger partial charge in [0.2, 0.25) is 0 Å². The standard InChI is InChI=1S/C57H37NS/c1-3-14-42(15-4-1)57(43-16-5-2-6-17-43)53-21-11-9-19-48(53)49-33-32-46(37-54(49)57)58(45-31-27-40-24-23-39-13-7-8-18-47(39)51(40)36-45)44-29-25-38(26-30-44)41-28-34-56-52(35-41)50-20-10-12-22-55(50)59-56/h1-37H. The molecule has 0 saturated carbocycles. The van der Waals surface area contributed by atoms with E-state index in [1.54, 1.807) is 0 Å². The first-order chi connectivity index (χ1) is 29.2. The van der Waals surface area contributed by atoms with Crippen molar-refractivity contribution in [2.75, 3.05) is 4.90 Å². The highest BCUT2D eigenvalue weighted by molar-refractivity contribution is 7.25. The van der Waals surface area contributed by atoms with Gasteiger partial charge in [-0.1, -0.05) is 170 Å². The Morgan fingerprint density at radius 3 is 1.68 bits per heavy atom. The van der Waals surface area contributed by atoms with Crippen LogP contribution in [0.5, 0.6) is 0 Å². The number of rotatable bonds is 6. The van der Waals surface area contributed by atoms with E-state index in [1.807, 2.05) is 11.3 Å². The van der Waals surface area contributed by atoms with Crippen molar-refractivity contribution in [1.82, 2.24) is 0 Å². The minimum absolute atomic E-state index is 0.496. The van der Waals surface area contributed by atoms with Gasteiger partial charge in [-0.05, 0) is 121 Å². The predicted octanol–water partition coefficient (Wildman–Crippen LogP) is 15.9. The number of anilines is 3. The number of benzene rings is 10. The third-order valence-electron chi connectivity index (χ3n) is 12.5. The van der Waals surface area contributed by atoms with Gasteiger partial charge in [0, 0.05) is 37.2 Å². The molecule has 0 amide bonds. The lowest BCUT2D eigenvalue weighted by molar-refractivity contribution is 0.768. The molecule has 10 aromatic carbocycles. The Morgan fingerprint density at radius 1 is 0.322 bits per heavy atom. The van der Waals surface area contributed by atoms with Gasteiger partial charge in [-0.2, -0.15) is 0 Å². The van der Waals surface area contributed by atoms with Gasteiger partial charge in [0.1, 0.15) is 0 Å². The van der Waals surface area contributed by atoms with Crippen LogP contribution in [0.15, 0.2) is 224 Å². The van der Waals surface area contributed by atoms with Crippen molar-refractivity contribution in [3.8, 4) is 22.3 Å². The van der Waals surface area contributed by atoms with Crippen molar-refractivity contribution in [3.63, 3.8) is 0 Å². The van der Waals surface area contributed by atoms with Crippen molar-refractivity contribution in [2.45, 2.75) is 5.41 Å². The minimum Gasteiger partial charge on any atom is -0.310 e. The molecule has 0 bridgehead atoms. The maximum atomic E-state index is 2.46. The lowest BCUT2D eigenvalue weighted by atomic mass is 9.67. The molecule has 0 N–H and O–H groups in total. The molecule has 0 spiro atoms. The zero-order valence-corrected chi connectivity index (χ0v) is 33.0. The average molecular weight is 768 g/mol. The van der Waals surface area contributed by atoms with Crippen LogP contribution in [0.2, 0.25) is 0 Å². The molecular formula is C57H37NS. The van der Waals surface area contributed by atoms with Crippen LogP contribution in [-0.2, 0) is 5.41 Å². The van der Waals surface area contributed by atoms with E-state index >= 15 is 0 Å². The molecule has 1 heterocycles. The third-order valence-corrected chi connectivity index (χ3v) is 13.7. The van der Waals surface area contributed by atoms with Crippen molar-refractivity contribution >= 4 is 70.1 Å². The summed E-state index contributed by atoms with van der Waals surface area (Å²) in [5, 5.41) is 7.62. The van der Waals surface area contributed by atoms with E-state index < -0.39 is 5.41 Å². The maximum absolute atomic E-state index is 2.46. The zero-order chi connectivity index (χ0) is 38.9. The maximum Gasteiger partial charge on any atom is 0.0714 e. The SMILES string of the molecule is c1ccc(C2(c3ccccc3)c3ccccc3-c3ccc(N(c4ccc(-c5ccc6sc7ccccc7c6c5)cc4)c4ccc5ccc6ccccc6c5c4)cc32)cc1. The van der Waals surface area contributed by atoms with Crippen LogP contribution in [0.4, 0.5) is 17.1 Å². The van der Waals surface area contributed by atoms with E-state index in [1.165, 1.54) is 86.2 Å². The van der Waals surface area contributed by atoms with Crippen LogP contribution in [0.1, 0.15) is 22.3 Å². The Morgan fingerprint density at radius 2 is 0.881 bits per heavy atom. The van der Waals surface area contributed by atoms with Gasteiger partial charge in [0.05, 0.1) is 5.41 Å². The fraction of sp³-hybridized carbons (Fsp3) is 0.0175. The molecule has 11 aromatic rings. The van der Waals surface area contributed by atoms with E-state index in [0.717, 1.165) is 17.1 Å². The largest absolute Gasteiger partial charge is 0.310 e. The fourth-order valence-electron chi connectivity index (χ4n) is 9.86. The van der Waals surface area contributed by atoms with Crippen molar-refractivity contribution in [1.29, 1.82) is 0 Å². The summed E-state index contributed by atoms with van der Waals surface area (Å²) < 4.78 is 2.65. The number of hydrogen-bond acceptors (Lipinski definition) is 2. The third kappa shape index (κ3) is 5.24. The molecule has 0 fully saturated rings. The highest BCUT2D eigenvalue weighted by atomic mass is 32.1. The molecule has 1 nitrogen and oxygen atoms in total. The number of thiophene rings is 1. The molecule has 276 valence electrons. The van der Waals surface area contributed by atoms with E-state index in [9.17, 15) is 0 Å². The summed E-state index contributed by atoms with van der Waals surface area (Å²) in [6, 6.07) is 83.2. The summed E-state index contributed by atoms with van der Waals surface area (Å²) >= 11 is 1.86. The Labute approximate surface area is 347 Å². The van der Waals surface area contributed by atoms with Gasteiger partial charge in [0.15, 0.2) is 0 Å². The van der Waals surface area contributed by atoms with E-state index in [-0.39, 0.29) is 0 Å².